The lowest BCUT2D eigenvalue weighted by molar-refractivity contribution is -0.122. The van der Waals surface area contributed by atoms with Crippen LogP contribution in [0.5, 0.6) is 0 Å². The van der Waals surface area contributed by atoms with E-state index in [1.54, 1.807) is 6.08 Å². The number of hydrogen-bond acceptors (Lipinski definition) is 1. The molecule has 0 aromatic carbocycles. The van der Waals surface area contributed by atoms with Crippen LogP contribution in [-0.4, -0.2) is 12.0 Å². The molecule has 1 nitrogen and oxygen atoms in total. The molecule has 2 atom stereocenters. The maximum absolute atomic E-state index is 12.5. The van der Waals surface area contributed by atoms with Gasteiger partial charge in [0.2, 0.25) is 0 Å². The van der Waals surface area contributed by atoms with E-state index >= 15 is 0 Å². The molecule has 2 unspecified atom stereocenters. The number of carbonyl (C=O) groups excluding carboxylic acids is 1. The van der Waals surface area contributed by atoms with Crippen molar-refractivity contribution in [1.29, 1.82) is 0 Å². The summed E-state index contributed by atoms with van der Waals surface area (Å²) in [7, 11) is 0. The number of allylic oxidation sites excluding steroid dienone is 2. The first-order chi connectivity index (χ1) is 5.24. The van der Waals surface area contributed by atoms with Gasteiger partial charge in [0.15, 0.2) is 0 Å². The zero-order valence-electron chi connectivity index (χ0n) is 6.09. The summed E-state index contributed by atoms with van der Waals surface area (Å²) in [6.45, 7) is 0. The second-order valence-corrected chi connectivity index (χ2v) is 2.59. The van der Waals surface area contributed by atoms with Crippen LogP contribution in [-0.2, 0) is 4.79 Å². The van der Waals surface area contributed by atoms with Gasteiger partial charge in [-0.1, -0.05) is 12.2 Å². The third kappa shape index (κ3) is 1.91. The highest BCUT2D eigenvalue weighted by Gasteiger charge is 2.22. The van der Waals surface area contributed by atoms with Crippen LogP contribution >= 0.6 is 0 Å². The van der Waals surface area contributed by atoms with E-state index in [1.165, 1.54) is 6.08 Å². The highest BCUT2D eigenvalue weighted by atomic mass is 19.1. The number of terminal acetylenes is 1. The first-order valence-corrected chi connectivity index (χ1v) is 3.52. The van der Waals surface area contributed by atoms with E-state index in [4.69, 9.17) is 6.42 Å². The minimum absolute atomic E-state index is 0.0111. The van der Waals surface area contributed by atoms with Gasteiger partial charge in [-0.05, 0) is 0 Å². The van der Waals surface area contributed by atoms with Gasteiger partial charge in [0.05, 0.1) is 0 Å². The molecule has 0 saturated carbocycles. The summed E-state index contributed by atoms with van der Waals surface area (Å²) in [5.41, 5.74) is 0. The van der Waals surface area contributed by atoms with Crippen molar-refractivity contribution >= 4 is 5.78 Å². The molecule has 1 rings (SSSR count). The lowest BCUT2D eigenvalue weighted by Gasteiger charge is -2.14. The molecule has 1 aliphatic carbocycles. The quantitative estimate of drug-likeness (QED) is 0.411. The van der Waals surface area contributed by atoms with Crippen molar-refractivity contribution in [3.8, 4) is 12.3 Å². The van der Waals surface area contributed by atoms with E-state index in [-0.39, 0.29) is 18.1 Å². The van der Waals surface area contributed by atoms with Crippen molar-refractivity contribution in [2.75, 3.05) is 0 Å². The molecule has 11 heavy (non-hydrogen) atoms. The van der Waals surface area contributed by atoms with Crippen LogP contribution in [0.4, 0.5) is 4.39 Å². The molecule has 0 radical (unpaired) electrons. The summed E-state index contributed by atoms with van der Waals surface area (Å²) in [6, 6.07) is 0. The van der Waals surface area contributed by atoms with E-state index < -0.39 is 6.17 Å². The molecular formula is C9H9FO. The molecule has 0 aromatic heterocycles. The number of ketones is 1. The SMILES string of the molecule is C#CCC1C=CC(F)CC1=O. The third-order valence-electron chi connectivity index (χ3n) is 1.70. The van der Waals surface area contributed by atoms with Crippen LogP contribution in [0.3, 0.4) is 0 Å². The highest BCUT2D eigenvalue weighted by molar-refractivity contribution is 5.84. The van der Waals surface area contributed by atoms with Crippen LogP contribution in [0.2, 0.25) is 0 Å². The van der Waals surface area contributed by atoms with Crippen LogP contribution in [0, 0.1) is 18.3 Å². The van der Waals surface area contributed by atoms with Crippen LogP contribution in [0.1, 0.15) is 12.8 Å². The molecule has 0 saturated heterocycles. The Morgan fingerprint density at radius 2 is 2.45 bits per heavy atom. The molecule has 0 spiro atoms. The van der Waals surface area contributed by atoms with E-state index in [0.29, 0.717) is 6.42 Å². The summed E-state index contributed by atoms with van der Waals surface area (Å²) >= 11 is 0. The van der Waals surface area contributed by atoms with E-state index in [1.807, 2.05) is 0 Å². The van der Waals surface area contributed by atoms with E-state index in [2.05, 4.69) is 5.92 Å². The average molecular weight is 152 g/mol. The summed E-state index contributed by atoms with van der Waals surface area (Å²) in [6.07, 6.45) is 7.28. The van der Waals surface area contributed by atoms with Gasteiger partial charge in [-0.25, -0.2) is 4.39 Å². The second-order valence-electron chi connectivity index (χ2n) is 2.59. The maximum atomic E-state index is 12.5. The number of Topliss-reactive ketones (excluding diaryl/α,β-unsaturated/α-hetero) is 1. The number of hydrogen-bond donors (Lipinski definition) is 0. The standard InChI is InChI=1S/C9H9FO/c1-2-3-7-4-5-8(10)6-9(7)11/h1,4-5,7-8H,3,6H2. The van der Waals surface area contributed by atoms with Gasteiger partial charge >= 0.3 is 0 Å². The van der Waals surface area contributed by atoms with Crippen molar-refractivity contribution < 1.29 is 9.18 Å². The first-order valence-electron chi connectivity index (χ1n) is 3.52. The number of halogens is 1. The summed E-state index contributed by atoms with van der Waals surface area (Å²) in [4.78, 5) is 11.0. The average Bonchev–Trinajstić information content (AvgIpc) is 1.95. The maximum Gasteiger partial charge on any atom is 0.143 e. The topological polar surface area (TPSA) is 17.1 Å². The predicted octanol–water partition coefficient (Wildman–Crippen LogP) is 1.49. The third-order valence-corrected chi connectivity index (χ3v) is 1.70. The lowest BCUT2D eigenvalue weighted by Crippen LogP contribution is -2.20. The monoisotopic (exact) mass is 152 g/mol. The molecule has 0 aliphatic heterocycles. The second kappa shape index (κ2) is 3.34. The minimum Gasteiger partial charge on any atom is -0.299 e. The Morgan fingerprint density at radius 1 is 1.73 bits per heavy atom. The molecule has 1 aliphatic rings. The van der Waals surface area contributed by atoms with Crippen LogP contribution in [0.15, 0.2) is 12.2 Å². The molecule has 0 heterocycles. The fourth-order valence-electron chi connectivity index (χ4n) is 1.08. The molecule has 0 amide bonds. The summed E-state index contributed by atoms with van der Waals surface area (Å²) < 4.78 is 12.5. The zero-order chi connectivity index (χ0) is 8.27. The van der Waals surface area contributed by atoms with Crippen LogP contribution < -0.4 is 0 Å². The molecule has 0 fully saturated rings. The Kier molecular flexibility index (Phi) is 2.43. The number of carbonyl (C=O) groups is 1. The Balaban J connectivity index is 2.62. The van der Waals surface area contributed by atoms with Gasteiger partial charge in [-0.2, -0.15) is 0 Å². The predicted molar refractivity (Wildman–Crippen MR) is 40.6 cm³/mol. The Bertz CT molecular complexity index is 224. The van der Waals surface area contributed by atoms with Gasteiger partial charge in [0.1, 0.15) is 12.0 Å². The van der Waals surface area contributed by atoms with E-state index in [0.717, 1.165) is 0 Å². The van der Waals surface area contributed by atoms with Gasteiger partial charge in [-0.3, -0.25) is 4.79 Å². The van der Waals surface area contributed by atoms with Crippen molar-refractivity contribution in [3.05, 3.63) is 12.2 Å². The molecule has 0 N–H and O–H groups in total. The van der Waals surface area contributed by atoms with Gasteiger partial charge in [0.25, 0.3) is 0 Å². The Labute approximate surface area is 65.3 Å². The summed E-state index contributed by atoms with van der Waals surface area (Å²) in [5, 5.41) is 0. The fraction of sp³-hybridized carbons (Fsp3) is 0.444. The molecule has 58 valence electrons. The molecule has 0 bridgehead atoms. The molecule has 0 aromatic rings. The zero-order valence-corrected chi connectivity index (χ0v) is 6.09. The van der Waals surface area contributed by atoms with Gasteiger partial charge in [0, 0.05) is 18.8 Å². The first kappa shape index (κ1) is 8.00. The van der Waals surface area contributed by atoms with E-state index in [9.17, 15) is 9.18 Å². The van der Waals surface area contributed by atoms with Crippen molar-refractivity contribution in [2.45, 2.75) is 19.0 Å². The van der Waals surface area contributed by atoms with Crippen molar-refractivity contribution in [2.24, 2.45) is 5.92 Å². The number of alkyl halides is 1. The highest BCUT2D eigenvalue weighted by Crippen LogP contribution is 2.18. The molecular weight excluding hydrogens is 143 g/mol. The largest absolute Gasteiger partial charge is 0.299 e. The minimum atomic E-state index is -1.10. The van der Waals surface area contributed by atoms with Crippen LogP contribution in [0.25, 0.3) is 0 Å². The Hall–Kier alpha value is -1.10. The molecule has 2 heteroatoms. The Morgan fingerprint density at radius 3 is 3.00 bits per heavy atom. The lowest BCUT2D eigenvalue weighted by atomic mass is 9.91. The smallest absolute Gasteiger partial charge is 0.143 e. The van der Waals surface area contributed by atoms with Crippen molar-refractivity contribution in [1.82, 2.24) is 0 Å². The van der Waals surface area contributed by atoms with Crippen molar-refractivity contribution in [3.63, 3.8) is 0 Å². The fourth-order valence-corrected chi connectivity index (χ4v) is 1.08. The summed E-state index contributed by atoms with van der Waals surface area (Å²) in [5.74, 6) is 2.06. The number of rotatable bonds is 1. The van der Waals surface area contributed by atoms with Gasteiger partial charge < -0.3 is 0 Å². The van der Waals surface area contributed by atoms with Gasteiger partial charge in [-0.15, -0.1) is 12.3 Å². The normalized spacial score (nSPS) is 30.0.